The standard InChI is InChI=1S/C14H20O5/c1-14(13(16)17,19-9-5-8-15)10-11-6-3-4-7-12(11)18-2/h3-4,6-7,15H,5,8-10H2,1-2H3,(H,16,17). The lowest BCUT2D eigenvalue weighted by molar-refractivity contribution is -0.164. The van der Waals surface area contributed by atoms with E-state index >= 15 is 0 Å². The third-order valence-corrected chi connectivity index (χ3v) is 2.90. The highest BCUT2D eigenvalue weighted by Crippen LogP contribution is 2.25. The van der Waals surface area contributed by atoms with Gasteiger partial charge in [0, 0.05) is 13.0 Å². The second kappa shape index (κ2) is 7.11. The maximum absolute atomic E-state index is 11.4. The minimum atomic E-state index is -1.33. The van der Waals surface area contributed by atoms with E-state index in [1.807, 2.05) is 18.2 Å². The Morgan fingerprint density at radius 2 is 2.05 bits per heavy atom. The summed E-state index contributed by atoms with van der Waals surface area (Å²) in [7, 11) is 1.55. The van der Waals surface area contributed by atoms with E-state index in [1.54, 1.807) is 13.2 Å². The Morgan fingerprint density at radius 3 is 2.63 bits per heavy atom. The van der Waals surface area contributed by atoms with Gasteiger partial charge in [-0.25, -0.2) is 4.79 Å². The van der Waals surface area contributed by atoms with Crippen LogP contribution in [0.25, 0.3) is 0 Å². The predicted molar refractivity (Wildman–Crippen MR) is 70.4 cm³/mol. The van der Waals surface area contributed by atoms with E-state index in [4.69, 9.17) is 14.6 Å². The molecule has 0 aliphatic rings. The number of rotatable bonds is 8. The van der Waals surface area contributed by atoms with Gasteiger partial charge in [-0.05, 0) is 25.0 Å². The highest BCUT2D eigenvalue weighted by molar-refractivity contribution is 5.77. The van der Waals surface area contributed by atoms with Gasteiger partial charge in [0.25, 0.3) is 0 Å². The van der Waals surface area contributed by atoms with Gasteiger partial charge in [0.15, 0.2) is 5.60 Å². The summed E-state index contributed by atoms with van der Waals surface area (Å²) in [5.41, 5.74) is -0.553. The topological polar surface area (TPSA) is 76.0 Å². The molecule has 0 aliphatic heterocycles. The minimum Gasteiger partial charge on any atom is -0.496 e. The fraction of sp³-hybridized carbons (Fsp3) is 0.500. The van der Waals surface area contributed by atoms with Crippen molar-refractivity contribution in [2.45, 2.75) is 25.4 Å². The van der Waals surface area contributed by atoms with Gasteiger partial charge in [0.1, 0.15) is 5.75 Å². The van der Waals surface area contributed by atoms with Gasteiger partial charge < -0.3 is 19.7 Å². The summed E-state index contributed by atoms with van der Waals surface area (Å²) < 4.78 is 10.6. The van der Waals surface area contributed by atoms with E-state index in [-0.39, 0.29) is 19.6 Å². The molecule has 0 saturated heterocycles. The molecule has 106 valence electrons. The first-order valence-electron chi connectivity index (χ1n) is 6.13. The van der Waals surface area contributed by atoms with Crippen LogP contribution in [0.1, 0.15) is 18.9 Å². The Hall–Kier alpha value is -1.59. The van der Waals surface area contributed by atoms with Crippen molar-refractivity contribution in [1.29, 1.82) is 0 Å². The zero-order chi connectivity index (χ0) is 14.3. The van der Waals surface area contributed by atoms with Gasteiger partial charge in [-0.15, -0.1) is 0 Å². The fourth-order valence-corrected chi connectivity index (χ4v) is 1.76. The van der Waals surface area contributed by atoms with Crippen molar-refractivity contribution in [3.05, 3.63) is 29.8 Å². The SMILES string of the molecule is COc1ccccc1CC(C)(OCCCO)C(=O)O. The van der Waals surface area contributed by atoms with Gasteiger partial charge in [-0.2, -0.15) is 0 Å². The average Bonchev–Trinajstić information content (AvgIpc) is 2.39. The first kappa shape index (κ1) is 15.5. The Kier molecular flexibility index (Phi) is 5.79. The van der Waals surface area contributed by atoms with Crippen LogP contribution in [0.15, 0.2) is 24.3 Å². The maximum Gasteiger partial charge on any atom is 0.336 e. The van der Waals surface area contributed by atoms with Crippen molar-refractivity contribution in [2.24, 2.45) is 0 Å². The third kappa shape index (κ3) is 4.22. The zero-order valence-corrected chi connectivity index (χ0v) is 11.3. The molecular formula is C14H20O5. The van der Waals surface area contributed by atoms with Gasteiger partial charge >= 0.3 is 5.97 Å². The second-order valence-electron chi connectivity index (χ2n) is 4.45. The van der Waals surface area contributed by atoms with Crippen LogP contribution in [0.3, 0.4) is 0 Å². The highest BCUT2D eigenvalue weighted by Gasteiger charge is 2.35. The summed E-state index contributed by atoms with van der Waals surface area (Å²) in [6, 6.07) is 7.25. The van der Waals surface area contributed by atoms with Gasteiger partial charge in [-0.1, -0.05) is 18.2 Å². The van der Waals surface area contributed by atoms with Crippen LogP contribution in [0, 0.1) is 0 Å². The van der Waals surface area contributed by atoms with Gasteiger partial charge in [0.05, 0.1) is 13.7 Å². The van der Waals surface area contributed by atoms with Crippen molar-refractivity contribution in [3.8, 4) is 5.75 Å². The molecule has 0 bridgehead atoms. The molecule has 1 aromatic rings. The monoisotopic (exact) mass is 268 g/mol. The van der Waals surface area contributed by atoms with Crippen LogP contribution < -0.4 is 4.74 Å². The number of aliphatic carboxylic acids is 1. The molecule has 0 radical (unpaired) electrons. The first-order chi connectivity index (χ1) is 9.03. The average molecular weight is 268 g/mol. The van der Waals surface area contributed by atoms with Crippen LogP contribution in [-0.4, -0.2) is 42.1 Å². The molecule has 1 aromatic carbocycles. The number of carboxylic acids is 1. The number of benzene rings is 1. The second-order valence-corrected chi connectivity index (χ2v) is 4.45. The smallest absolute Gasteiger partial charge is 0.336 e. The first-order valence-corrected chi connectivity index (χ1v) is 6.13. The van der Waals surface area contributed by atoms with E-state index in [9.17, 15) is 9.90 Å². The molecule has 1 atom stereocenters. The minimum absolute atomic E-state index is 0.0235. The lowest BCUT2D eigenvalue weighted by atomic mass is 9.95. The molecule has 2 N–H and O–H groups in total. The van der Waals surface area contributed by atoms with Crippen molar-refractivity contribution in [2.75, 3.05) is 20.3 Å². The fourth-order valence-electron chi connectivity index (χ4n) is 1.76. The Labute approximate surface area is 112 Å². The van der Waals surface area contributed by atoms with Crippen molar-refractivity contribution in [1.82, 2.24) is 0 Å². The largest absolute Gasteiger partial charge is 0.496 e. The van der Waals surface area contributed by atoms with Crippen LogP contribution >= 0.6 is 0 Å². The number of para-hydroxylation sites is 1. The van der Waals surface area contributed by atoms with Crippen molar-refractivity contribution in [3.63, 3.8) is 0 Å². The molecule has 1 rings (SSSR count). The molecule has 0 aliphatic carbocycles. The number of aliphatic hydroxyl groups is 1. The van der Waals surface area contributed by atoms with Gasteiger partial charge in [-0.3, -0.25) is 0 Å². The quantitative estimate of drug-likeness (QED) is 0.698. The van der Waals surface area contributed by atoms with Crippen LogP contribution in [0.4, 0.5) is 0 Å². The number of carboxylic acid groups (broad SMARTS) is 1. The molecule has 1 unspecified atom stereocenters. The Balaban J connectivity index is 2.85. The number of hydrogen-bond acceptors (Lipinski definition) is 4. The predicted octanol–water partition coefficient (Wildman–Crippen LogP) is 1.48. The van der Waals surface area contributed by atoms with Crippen LogP contribution in [-0.2, 0) is 16.0 Å². The summed E-state index contributed by atoms with van der Waals surface area (Å²) in [5, 5.41) is 18.1. The Morgan fingerprint density at radius 1 is 1.37 bits per heavy atom. The lowest BCUT2D eigenvalue weighted by Crippen LogP contribution is -2.41. The molecular weight excluding hydrogens is 248 g/mol. The molecule has 0 aromatic heterocycles. The van der Waals surface area contributed by atoms with E-state index in [2.05, 4.69) is 0 Å². The van der Waals surface area contributed by atoms with Gasteiger partial charge in [0.2, 0.25) is 0 Å². The van der Waals surface area contributed by atoms with E-state index in [0.717, 1.165) is 5.56 Å². The normalized spacial score (nSPS) is 13.8. The summed E-state index contributed by atoms with van der Waals surface area (Å²) >= 11 is 0. The molecule has 5 heteroatoms. The summed E-state index contributed by atoms with van der Waals surface area (Å²) in [6.45, 7) is 1.71. The number of aliphatic hydroxyl groups excluding tert-OH is 1. The number of ether oxygens (including phenoxy) is 2. The Bertz CT molecular complexity index is 418. The third-order valence-electron chi connectivity index (χ3n) is 2.90. The summed E-state index contributed by atoms with van der Waals surface area (Å²) in [5.74, 6) is -0.392. The number of hydrogen-bond donors (Lipinski definition) is 2. The summed E-state index contributed by atoms with van der Waals surface area (Å²) in [6.07, 6.45) is 0.618. The molecule has 0 amide bonds. The van der Waals surface area contributed by atoms with E-state index in [0.29, 0.717) is 12.2 Å². The van der Waals surface area contributed by atoms with E-state index < -0.39 is 11.6 Å². The highest BCUT2D eigenvalue weighted by atomic mass is 16.5. The molecule has 19 heavy (non-hydrogen) atoms. The van der Waals surface area contributed by atoms with Crippen molar-refractivity contribution < 1.29 is 24.5 Å². The molecule has 0 saturated carbocycles. The maximum atomic E-state index is 11.4. The van der Waals surface area contributed by atoms with Crippen LogP contribution in [0.5, 0.6) is 5.75 Å². The molecule has 5 nitrogen and oxygen atoms in total. The van der Waals surface area contributed by atoms with Crippen LogP contribution in [0.2, 0.25) is 0 Å². The van der Waals surface area contributed by atoms with Crippen molar-refractivity contribution >= 4 is 5.97 Å². The summed E-state index contributed by atoms with van der Waals surface area (Å²) in [4.78, 5) is 11.4. The number of methoxy groups -OCH3 is 1. The molecule has 0 spiro atoms. The molecule has 0 heterocycles. The zero-order valence-electron chi connectivity index (χ0n) is 11.3. The number of carbonyl (C=O) groups is 1. The van der Waals surface area contributed by atoms with E-state index in [1.165, 1.54) is 6.92 Å². The molecule has 0 fully saturated rings. The lowest BCUT2D eigenvalue weighted by Gasteiger charge is -2.26.